The molecule has 2 aromatic carbocycles. The van der Waals surface area contributed by atoms with Crippen molar-refractivity contribution in [1.82, 2.24) is 4.98 Å². The van der Waals surface area contributed by atoms with Crippen LogP contribution in [0.25, 0.3) is 12.2 Å². The van der Waals surface area contributed by atoms with Gasteiger partial charge in [-0.25, -0.2) is 4.98 Å². The first-order valence-corrected chi connectivity index (χ1v) is 6.61. The summed E-state index contributed by atoms with van der Waals surface area (Å²) in [5, 5.41) is 0. The van der Waals surface area contributed by atoms with Crippen LogP contribution in [0, 0.1) is 0 Å². The van der Waals surface area contributed by atoms with E-state index in [1.807, 2.05) is 60.7 Å². The fraction of sp³-hybridized carbons (Fsp3) is 0.0556. The summed E-state index contributed by atoms with van der Waals surface area (Å²) >= 11 is 0. The molecular weight excluding hydrogens is 246 g/mol. The van der Waals surface area contributed by atoms with Crippen LogP contribution in [-0.2, 0) is 6.42 Å². The van der Waals surface area contributed by atoms with Crippen molar-refractivity contribution in [2.45, 2.75) is 6.42 Å². The number of hydrogen-bond donors (Lipinski definition) is 0. The minimum atomic E-state index is 0.639. The van der Waals surface area contributed by atoms with Gasteiger partial charge >= 0.3 is 0 Å². The zero-order valence-corrected chi connectivity index (χ0v) is 11.1. The normalized spacial score (nSPS) is 11.0. The van der Waals surface area contributed by atoms with Crippen molar-refractivity contribution >= 4 is 12.2 Å². The molecule has 0 saturated heterocycles. The van der Waals surface area contributed by atoms with Gasteiger partial charge in [0.2, 0.25) is 5.89 Å². The van der Waals surface area contributed by atoms with E-state index in [9.17, 15) is 0 Å². The smallest absolute Gasteiger partial charge is 0.218 e. The second-order valence-corrected chi connectivity index (χ2v) is 4.58. The summed E-state index contributed by atoms with van der Waals surface area (Å²) in [6.07, 6.45) is 6.41. The van der Waals surface area contributed by atoms with Crippen molar-refractivity contribution < 1.29 is 4.42 Å². The fourth-order valence-electron chi connectivity index (χ4n) is 2.02. The summed E-state index contributed by atoms with van der Waals surface area (Å²) in [7, 11) is 0. The van der Waals surface area contributed by atoms with Gasteiger partial charge in [0.05, 0.1) is 5.69 Å². The molecule has 0 radical (unpaired) electrons. The second kappa shape index (κ2) is 6.02. The predicted octanol–water partition coefficient (Wildman–Crippen LogP) is 4.44. The third kappa shape index (κ3) is 3.23. The lowest BCUT2D eigenvalue weighted by Crippen LogP contribution is -1.87. The maximum atomic E-state index is 5.46. The Labute approximate surface area is 118 Å². The van der Waals surface area contributed by atoms with Gasteiger partial charge in [-0.3, -0.25) is 0 Å². The first-order valence-electron chi connectivity index (χ1n) is 6.61. The predicted molar refractivity (Wildman–Crippen MR) is 81.1 cm³/mol. The Hall–Kier alpha value is -2.61. The standard InChI is InChI=1S/C18H15NO/c1-3-7-15(8-4-1)11-12-18-19-17(14-20-18)13-16-9-5-2-6-10-16/h1-12,14H,13H2/b12-11+. The van der Waals surface area contributed by atoms with Crippen molar-refractivity contribution in [3.8, 4) is 0 Å². The molecule has 0 amide bonds. The minimum Gasteiger partial charge on any atom is -0.445 e. The Balaban J connectivity index is 1.70. The number of hydrogen-bond acceptors (Lipinski definition) is 2. The Bertz CT molecular complexity index is 684. The highest BCUT2D eigenvalue weighted by molar-refractivity contribution is 5.65. The number of nitrogens with zero attached hydrogens (tertiary/aromatic N) is 1. The van der Waals surface area contributed by atoms with Crippen LogP contribution in [0.15, 0.2) is 71.3 Å². The minimum absolute atomic E-state index is 0.639. The molecule has 2 heteroatoms. The van der Waals surface area contributed by atoms with E-state index in [1.165, 1.54) is 5.56 Å². The highest BCUT2D eigenvalue weighted by atomic mass is 16.3. The number of oxazole rings is 1. The van der Waals surface area contributed by atoms with E-state index in [-0.39, 0.29) is 0 Å². The summed E-state index contributed by atoms with van der Waals surface area (Å²) in [6.45, 7) is 0. The maximum absolute atomic E-state index is 5.46. The van der Waals surface area contributed by atoms with Gasteiger partial charge in [-0.15, -0.1) is 0 Å². The summed E-state index contributed by atoms with van der Waals surface area (Å²) in [4.78, 5) is 4.47. The lowest BCUT2D eigenvalue weighted by molar-refractivity contribution is 0.546. The molecule has 0 bridgehead atoms. The topological polar surface area (TPSA) is 26.0 Å². The monoisotopic (exact) mass is 261 g/mol. The Morgan fingerprint density at radius 2 is 1.55 bits per heavy atom. The maximum Gasteiger partial charge on any atom is 0.218 e. The molecule has 3 aromatic rings. The highest BCUT2D eigenvalue weighted by Crippen LogP contribution is 2.11. The third-order valence-corrected chi connectivity index (χ3v) is 3.02. The molecule has 0 aliphatic rings. The molecule has 98 valence electrons. The highest BCUT2D eigenvalue weighted by Gasteiger charge is 2.02. The van der Waals surface area contributed by atoms with E-state index >= 15 is 0 Å². The van der Waals surface area contributed by atoms with Gasteiger partial charge in [0.15, 0.2) is 0 Å². The molecule has 1 aromatic heterocycles. The number of benzene rings is 2. The van der Waals surface area contributed by atoms with Gasteiger partial charge in [-0.05, 0) is 17.2 Å². The van der Waals surface area contributed by atoms with E-state index in [4.69, 9.17) is 4.42 Å². The summed E-state index contributed by atoms with van der Waals surface area (Å²) in [6, 6.07) is 20.4. The van der Waals surface area contributed by atoms with Crippen LogP contribution in [0.2, 0.25) is 0 Å². The zero-order chi connectivity index (χ0) is 13.6. The summed E-state index contributed by atoms with van der Waals surface area (Å²) < 4.78 is 5.46. The molecule has 1 heterocycles. The molecule has 0 aliphatic carbocycles. The Morgan fingerprint density at radius 1 is 0.850 bits per heavy atom. The molecule has 0 saturated carbocycles. The average molecular weight is 261 g/mol. The molecule has 0 aliphatic heterocycles. The van der Waals surface area contributed by atoms with Gasteiger partial charge in [0.1, 0.15) is 6.26 Å². The lowest BCUT2D eigenvalue weighted by atomic mass is 10.1. The van der Waals surface area contributed by atoms with Gasteiger partial charge in [-0.2, -0.15) is 0 Å². The van der Waals surface area contributed by atoms with E-state index in [0.29, 0.717) is 5.89 Å². The van der Waals surface area contributed by atoms with Crippen LogP contribution >= 0.6 is 0 Å². The molecule has 0 fully saturated rings. The number of aromatic nitrogens is 1. The van der Waals surface area contributed by atoms with E-state index < -0.39 is 0 Å². The molecule has 2 nitrogen and oxygen atoms in total. The largest absolute Gasteiger partial charge is 0.445 e. The second-order valence-electron chi connectivity index (χ2n) is 4.58. The van der Waals surface area contributed by atoms with Crippen LogP contribution in [0.4, 0.5) is 0 Å². The molecule has 0 unspecified atom stereocenters. The first-order chi connectivity index (χ1) is 9.90. The average Bonchev–Trinajstić information content (AvgIpc) is 2.95. The van der Waals surface area contributed by atoms with Gasteiger partial charge in [0.25, 0.3) is 0 Å². The Kier molecular flexibility index (Phi) is 3.74. The third-order valence-electron chi connectivity index (χ3n) is 3.02. The SMILES string of the molecule is C(=C\c1nc(Cc2ccccc2)co1)/c1ccccc1. The summed E-state index contributed by atoms with van der Waals surface area (Å²) in [5.41, 5.74) is 3.32. The van der Waals surface area contributed by atoms with Gasteiger partial charge in [-0.1, -0.05) is 60.7 Å². The van der Waals surface area contributed by atoms with Crippen molar-refractivity contribution in [2.75, 3.05) is 0 Å². The molecule has 20 heavy (non-hydrogen) atoms. The van der Waals surface area contributed by atoms with Crippen LogP contribution in [-0.4, -0.2) is 4.98 Å². The molecule has 3 rings (SSSR count). The van der Waals surface area contributed by atoms with E-state index in [1.54, 1.807) is 6.26 Å². The number of rotatable bonds is 4. The van der Waals surface area contributed by atoms with Crippen LogP contribution < -0.4 is 0 Å². The van der Waals surface area contributed by atoms with Crippen LogP contribution in [0.3, 0.4) is 0 Å². The van der Waals surface area contributed by atoms with Crippen LogP contribution in [0.1, 0.15) is 22.7 Å². The fourth-order valence-corrected chi connectivity index (χ4v) is 2.02. The van der Waals surface area contributed by atoms with E-state index in [2.05, 4.69) is 17.1 Å². The van der Waals surface area contributed by atoms with Crippen molar-refractivity contribution in [3.05, 3.63) is 89.6 Å². The summed E-state index contributed by atoms with van der Waals surface area (Å²) in [5.74, 6) is 0.639. The van der Waals surface area contributed by atoms with Crippen molar-refractivity contribution in [1.29, 1.82) is 0 Å². The molecule has 0 N–H and O–H groups in total. The Morgan fingerprint density at radius 3 is 2.30 bits per heavy atom. The first kappa shape index (κ1) is 12.4. The van der Waals surface area contributed by atoms with Crippen LogP contribution in [0.5, 0.6) is 0 Å². The van der Waals surface area contributed by atoms with Gasteiger partial charge < -0.3 is 4.42 Å². The quantitative estimate of drug-likeness (QED) is 0.694. The lowest BCUT2D eigenvalue weighted by Gasteiger charge is -1.95. The molecular formula is C18H15NO. The van der Waals surface area contributed by atoms with Gasteiger partial charge in [0, 0.05) is 12.5 Å². The van der Waals surface area contributed by atoms with Crippen molar-refractivity contribution in [3.63, 3.8) is 0 Å². The zero-order valence-electron chi connectivity index (χ0n) is 11.1. The molecule has 0 atom stereocenters. The van der Waals surface area contributed by atoms with Crippen molar-refractivity contribution in [2.24, 2.45) is 0 Å². The van der Waals surface area contributed by atoms with E-state index in [0.717, 1.165) is 17.7 Å². The molecule has 0 spiro atoms.